The van der Waals surface area contributed by atoms with Gasteiger partial charge in [-0.05, 0) is 6.92 Å². The molecule has 1 heterocycles. The lowest BCUT2D eigenvalue weighted by molar-refractivity contribution is -0.127. The van der Waals surface area contributed by atoms with E-state index in [1.165, 1.54) is 0 Å². The average molecular weight is 227 g/mol. The second kappa shape index (κ2) is 5.82. The van der Waals surface area contributed by atoms with Gasteiger partial charge in [-0.2, -0.15) is 0 Å². The fourth-order valence-electron chi connectivity index (χ4n) is 1.09. The van der Waals surface area contributed by atoms with Crippen LogP contribution in [0.5, 0.6) is 0 Å². The van der Waals surface area contributed by atoms with Gasteiger partial charge in [0.25, 0.3) is 0 Å². The smallest absolute Gasteiger partial charge is 0.236 e. The van der Waals surface area contributed by atoms with Crippen LogP contribution < -0.4 is 5.32 Å². The number of aromatic nitrogens is 1. The fraction of sp³-hybridized carbons (Fsp3) is 0.600. The van der Waals surface area contributed by atoms with Crippen molar-refractivity contribution >= 4 is 17.2 Å². The predicted octanol–water partition coefficient (Wildman–Crippen LogP) is 0.672. The lowest BCUT2D eigenvalue weighted by atomic mass is 10.3. The summed E-state index contributed by atoms with van der Waals surface area (Å²) in [5.74, 6) is 0.101. The van der Waals surface area contributed by atoms with Gasteiger partial charge in [0, 0.05) is 32.4 Å². The van der Waals surface area contributed by atoms with Gasteiger partial charge in [-0.3, -0.25) is 4.79 Å². The topological polar surface area (TPSA) is 45.2 Å². The molecule has 0 aromatic carbocycles. The van der Waals surface area contributed by atoms with Crippen molar-refractivity contribution in [3.8, 4) is 0 Å². The van der Waals surface area contributed by atoms with Crippen LogP contribution in [0.15, 0.2) is 5.38 Å². The molecular weight excluding hydrogens is 210 g/mol. The Morgan fingerprint density at radius 2 is 2.33 bits per heavy atom. The molecule has 0 unspecified atom stereocenters. The Kier molecular flexibility index (Phi) is 4.71. The molecule has 84 valence electrons. The molecule has 0 aliphatic rings. The van der Waals surface area contributed by atoms with Gasteiger partial charge in [-0.1, -0.05) is 0 Å². The van der Waals surface area contributed by atoms with Crippen LogP contribution in [0.1, 0.15) is 10.7 Å². The molecule has 0 aliphatic heterocycles. The maximum Gasteiger partial charge on any atom is 0.236 e. The molecule has 1 amide bonds. The molecule has 0 saturated carbocycles. The van der Waals surface area contributed by atoms with Crippen LogP contribution in [-0.4, -0.2) is 43.0 Å². The summed E-state index contributed by atoms with van der Waals surface area (Å²) in [7, 11) is 3.52. The highest BCUT2D eigenvalue weighted by Gasteiger charge is 2.02. The van der Waals surface area contributed by atoms with Crippen molar-refractivity contribution in [2.24, 2.45) is 0 Å². The number of hydrogen-bond acceptors (Lipinski definition) is 4. The van der Waals surface area contributed by atoms with Crippen LogP contribution in [0.3, 0.4) is 0 Å². The van der Waals surface area contributed by atoms with E-state index in [1.807, 2.05) is 6.92 Å². The number of likely N-dealkylation sites (N-methyl/N-ethyl adjacent to an activating group) is 1. The number of hydrogen-bond donors (Lipinski definition) is 1. The van der Waals surface area contributed by atoms with E-state index in [-0.39, 0.29) is 5.91 Å². The fourth-order valence-corrected chi connectivity index (χ4v) is 1.74. The lowest BCUT2D eigenvalue weighted by Gasteiger charge is -2.10. The van der Waals surface area contributed by atoms with Crippen LogP contribution in [-0.2, 0) is 11.2 Å². The number of aryl methyl sites for hydroxylation is 1. The minimum absolute atomic E-state index is 0.101. The standard InChI is InChI=1S/C10H17N3OS/c1-8-12-9(7-15-8)4-5-11-6-10(14)13(2)3/h7,11H,4-6H2,1-3H3. The highest BCUT2D eigenvalue weighted by atomic mass is 32.1. The van der Waals surface area contributed by atoms with Crippen LogP contribution in [0.2, 0.25) is 0 Å². The van der Waals surface area contributed by atoms with Gasteiger partial charge in [-0.25, -0.2) is 4.98 Å². The third kappa shape index (κ3) is 4.40. The minimum atomic E-state index is 0.101. The molecule has 0 saturated heterocycles. The Bertz CT molecular complexity index is 322. The zero-order valence-corrected chi connectivity index (χ0v) is 10.2. The van der Waals surface area contributed by atoms with Crippen molar-refractivity contribution in [3.05, 3.63) is 16.1 Å². The van der Waals surface area contributed by atoms with E-state index in [1.54, 1.807) is 30.3 Å². The van der Waals surface area contributed by atoms with E-state index >= 15 is 0 Å². The summed E-state index contributed by atoms with van der Waals surface area (Å²) in [5.41, 5.74) is 1.10. The summed E-state index contributed by atoms with van der Waals surface area (Å²) in [4.78, 5) is 17.1. The number of nitrogens with one attached hydrogen (secondary N) is 1. The summed E-state index contributed by atoms with van der Waals surface area (Å²) < 4.78 is 0. The minimum Gasteiger partial charge on any atom is -0.348 e. The quantitative estimate of drug-likeness (QED) is 0.752. The summed E-state index contributed by atoms with van der Waals surface area (Å²) in [5, 5.41) is 6.25. The highest BCUT2D eigenvalue weighted by Crippen LogP contribution is 2.07. The first-order valence-electron chi connectivity index (χ1n) is 4.91. The van der Waals surface area contributed by atoms with Crippen LogP contribution in [0, 0.1) is 6.92 Å². The van der Waals surface area contributed by atoms with Crippen molar-refractivity contribution < 1.29 is 4.79 Å². The second-order valence-electron chi connectivity index (χ2n) is 3.57. The maximum absolute atomic E-state index is 11.2. The Labute approximate surface area is 94.3 Å². The van der Waals surface area contributed by atoms with E-state index in [4.69, 9.17) is 0 Å². The van der Waals surface area contributed by atoms with Gasteiger partial charge in [0.2, 0.25) is 5.91 Å². The molecule has 1 N–H and O–H groups in total. The Morgan fingerprint density at radius 3 is 2.87 bits per heavy atom. The molecule has 0 radical (unpaired) electrons. The van der Waals surface area contributed by atoms with Crippen molar-refractivity contribution in [2.45, 2.75) is 13.3 Å². The van der Waals surface area contributed by atoms with Crippen LogP contribution in [0.25, 0.3) is 0 Å². The molecule has 0 aliphatic carbocycles. The molecule has 15 heavy (non-hydrogen) atoms. The van der Waals surface area contributed by atoms with Crippen molar-refractivity contribution in [2.75, 3.05) is 27.2 Å². The molecule has 0 bridgehead atoms. The maximum atomic E-state index is 11.2. The normalized spacial score (nSPS) is 10.3. The van der Waals surface area contributed by atoms with Crippen LogP contribution >= 0.6 is 11.3 Å². The van der Waals surface area contributed by atoms with Crippen LogP contribution in [0.4, 0.5) is 0 Å². The number of rotatable bonds is 5. The largest absolute Gasteiger partial charge is 0.348 e. The summed E-state index contributed by atoms with van der Waals surface area (Å²) in [6.07, 6.45) is 0.880. The molecule has 1 rings (SSSR count). The Balaban J connectivity index is 2.15. The van der Waals surface area contributed by atoms with E-state index in [0.717, 1.165) is 23.7 Å². The zero-order valence-electron chi connectivity index (χ0n) is 9.41. The van der Waals surface area contributed by atoms with Gasteiger partial charge in [0.05, 0.1) is 17.2 Å². The lowest BCUT2D eigenvalue weighted by Crippen LogP contribution is -2.33. The third-order valence-corrected chi connectivity index (χ3v) is 2.82. The number of nitrogens with zero attached hydrogens (tertiary/aromatic N) is 2. The Morgan fingerprint density at radius 1 is 1.60 bits per heavy atom. The molecule has 0 atom stereocenters. The van der Waals surface area contributed by atoms with Gasteiger partial charge < -0.3 is 10.2 Å². The van der Waals surface area contributed by atoms with E-state index in [9.17, 15) is 4.79 Å². The van der Waals surface area contributed by atoms with E-state index in [0.29, 0.717) is 6.54 Å². The molecule has 0 fully saturated rings. The second-order valence-corrected chi connectivity index (χ2v) is 4.64. The van der Waals surface area contributed by atoms with Gasteiger partial charge in [0.15, 0.2) is 0 Å². The van der Waals surface area contributed by atoms with Crippen molar-refractivity contribution in [1.82, 2.24) is 15.2 Å². The average Bonchev–Trinajstić information content (AvgIpc) is 2.58. The molecule has 0 spiro atoms. The summed E-state index contributed by atoms with van der Waals surface area (Å²) in [6, 6.07) is 0. The molecule has 1 aromatic heterocycles. The van der Waals surface area contributed by atoms with E-state index in [2.05, 4.69) is 15.7 Å². The number of amides is 1. The molecule has 5 heteroatoms. The summed E-state index contributed by atoms with van der Waals surface area (Å²) >= 11 is 1.66. The highest BCUT2D eigenvalue weighted by molar-refractivity contribution is 7.09. The molecule has 4 nitrogen and oxygen atoms in total. The summed E-state index contributed by atoms with van der Waals surface area (Å²) in [6.45, 7) is 3.19. The first-order valence-corrected chi connectivity index (χ1v) is 5.79. The monoisotopic (exact) mass is 227 g/mol. The Hall–Kier alpha value is -0.940. The molecular formula is C10H17N3OS. The van der Waals surface area contributed by atoms with Gasteiger partial charge in [0.1, 0.15) is 0 Å². The van der Waals surface area contributed by atoms with E-state index < -0.39 is 0 Å². The SMILES string of the molecule is Cc1nc(CCNCC(=O)N(C)C)cs1. The third-order valence-electron chi connectivity index (χ3n) is 2.00. The first kappa shape index (κ1) is 12.1. The number of carbonyl (C=O) groups excluding carboxylic acids is 1. The number of carbonyl (C=O) groups is 1. The predicted molar refractivity (Wildman–Crippen MR) is 62.1 cm³/mol. The van der Waals surface area contributed by atoms with Gasteiger partial charge in [-0.15, -0.1) is 11.3 Å². The van der Waals surface area contributed by atoms with Crippen molar-refractivity contribution in [3.63, 3.8) is 0 Å². The first-order chi connectivity index (χ1) is 7.09. The van der Waals surface area contributed by atoms with Crippen molar-refractivity contribution in [1.29, 1.82) is 0 Å². The molecule has 1 aromatic rings. The zero-order chi connectivity index (χ0) is 11.3. The number of thiazole rings is 1. The van der Waals surface area contributed by atoms with Gasteiger partial charge >= 0.3 is 0 Å².